The lowest BCUT2D eigenvalue weighted by Crippen LogP contribution is -2.30. The number of hydrogen-bond donors (Lipinski definition) is 3. The fourth-order valence-corrected chi connectivity index (χ4v) is 10.9. The summed E-state index contributed by atoms with van der Waals surface area (Å²) in [6.45, 7) is 9.38. The Labute approximate surface area is 498 Å². The number of aliphatic hydroxyl groups is 1. The van der Waals surface area contributed by atoms with Crippen LogP contribution in [0.2, 0.25) is 0 Å². The van der Waals surface area contributed by atoms with Gasteiger partial charge >= 0.3 is 39.5 Å². The molecule has 0 amide bonds. The summed E-state index contributed by atoms with van der Waals surface area (Å²) in [5, 5.41) is 10.5. The zero-order chi connectivity index (χ0) is 60.8. The van der Waals surface area contributed by atoms with Crippen LogP contribution in [0.1, 0.15) is 311 Å². The van der Waals surface area contributed by atoms with Gasteiger partial charge in [-0.3, -0.25) is 37.3 Å². The van der Waals surface area contributed by atoms with Crippen LogP contribution in [0.15, 0.2) is 0 Å². The number of hydrogen-bond acceptors (Lipinski definition) is 15. The third-order valence-electron chi connectivity index (χ3n) is 14.5. The molecule has 0 aromatic carbocycles. The van der Waals surface area contributed by atoms with Gasteiger partial charge in [0.25, 0.3) is 0 Å². The Bertz CT molecular complexity index is 1620. The molecule has 0 bridgehead atoms. The number of rotatable bonds is 62. The molecule has 0 aliphatic carbocycles. The van der Waals surface area contributed by atoms with Gasteiger partial charge in [0.05, 0.1) is 26.4 Å². The van der Waals surface area contributed by atoms with Crippen molar-refractivity contribution in [1.29, 1.82) is 0 Å². The molecule has 19 heteroatoms. The number of carbonyl (C=O) groups excluding carboxylic acids is 4. The predicted octanol–water partition coefficient (Wildman–Crippen LogP) is 17.3. The highest BCUT2D eigenvalue weighted by atomic mass is 31.2. The molecule has 0 aromatic heterocycles. The molecule has 0 aliphatic rings. The van der Waals surface area contributed by atoms with E-state index in [1.54, 1.807) is 0 Å². The normalized spacial score (nSPS) is 14.3. The Hall–Kier alpha value is -1.94. The molecular formula is C63H122O17P2. The zero-order valence-electron chi connectivity index (χ0n) is 52.8. The van der Waals surface area contributed by atoms with E-state index in [0.717, 1.165) is 109 Å². The van der Waals surface area contributed by atoms with Crippen LogP contribution in [0.4, 0.5) is 0 Å². The molecule has 0 saturated carbocycles. The second-order valence-electron chi connectivity index (χ2n) is 23.7. The molecule has 0 rings (SSSR count). The summed E-state index contributed by atoms with van der Waals surface area (Å²) in [5.74, 6) is -0.674. The molecule has 2 unspecified atom stereocenters. The first-order valence-electron chi connectivity index (χ1n) is 33.0. The first-order valence-corrected chi connectivity index (χ1v) is 36.0. The Kier molecular flexibility index (Phi) is 54.3. The summed E-state index contributed by atoms with van der Waals surface area (Å²) in [6, 6.07) is 0. The van der Waals surface area contributed by atoms with Crippen molar-refractivity contribution in [3.63, 3.8) is 0 Å². The van der Waals surface area contributed by atoms with Gasteiger partial charge in [-0.2, -0.15) is 0 Å². The van der Waals surface area contributed by atoms with Crippen LogP contribution in [0.5, 0.6) is 0 Å². The van der Waals surface area contributed by atoms with E-state index in [-0.39, 0.29) is 25.7 Å². The van der Waals surface area contributed by atoms with E-state index < -0.39 is 97.5 Å². The van der Waals surface area contributed by atoms with E-state index in [9.17, 15) is 43.2 Å². The molecule has 82 heavy (non-hydrogen) atoms. The lowest BCUT2D eigenvalue weighted by Gasteiger charge is -2.21. The summed E-state index contributed by atoms with van der Waals surface area (Å²) in [6.07, 6.45) is 37.8. The minimum Gasteiger partial charge on any atom is -0.462 e. The average Bonchev–Trinajstić information content (AvgIpc) is 3.45. The third kappa shape index (κ3) is 57.2. The van der Waals surface area contributed by atoms with Gasteiger partial charge in [0.1, 0.15) is 19.3 Å². The summed E-state index contributed by atoms with van der Waals surface area (Å²) in [5.41, 5.74) is 0. The van der Waals surface area contributed by atoms with Crippen molar-refractivity contribution in [1.82, 2.24) is 0 Å². The summed E-state index contributed by atoms with van der Waals surface area (Å²) in [4.78, 5) is 72.0. The van der Waals surface area contributed by atoms with Crippen molar-refractivity contribution in [2.75, 3.05) is 39.6 Å². The van der Waals surface area contributed by atoms with E-state index in [4.69, 9.17) is 37.0 Å². The maximum Gasteiger partial charge on any atom is 0.472 e. The molecule has 486 valence electrons. The zero-order valence-corrected chi connectivity index (χ0v) is 54.6. The molecule has 0 saturated heterocycles. The van der Waals surface area contributed by atoms with Gasteiger partial charge in [0, 0.05) is 25.7 Å². The molecule has 0 fully saturated rings. The smallest absolute Gasteiger partial charge is 0.462 e. The Balaban J connectivity index is 5.19. The minimum absolute atomic E-state index is 0.105. The van der Waals surface area contributed by atoms with E-state index >= 15 is 0 Å². The quantitative estimate of drug-likeness (QED) is 0.0222. The van der Waals surface area contributed by atoms with Gasteiger partial charge in [-0.15, -0.1) is 0 Å². The van der Waals surface area contributed by atoms with Crippen LogP contribution in [0.3, 0.4) is 0 Å². The third-order valence-corrected chi connectivity index (χ3v) is 16.4. The Morgan fingerprint density at radius 2 is 0.561 bits per heavy atom. The van der Waals surface area contributed by atoms with E-state index in [0.29, 0.717) is 31.6 Å². The lowest BCUT2D eigenvalue weighted by atomic mass is 10.0. The summed E-state index contributed by atoms with van der Waals surface area (Å²) < 4.78 is 67.8. The summed E-state index contributed by atoms with van der Waals surface area (Å²) in [7, 11) is -9.88. The maximum absolute atomic E-state index is 13.0. The predicted molar refractivity (Wildman–Crippen MR) is 326 cm³/mol. The Morgan fingerprint density at radius 3 is 0.829 bits per heavy atom. The molecule has 5 atom stereocenters. The maximum atomic E-state index is 13.0. The molecule has 17 nitrogen and oxygen atoms in total. The highest BCUT2D eigenvalue weighted by Crippen LogP contribution is 2.45. The van der Waals surface area contributed by atoms with E-state index in [1.807, 2.05) is 0 Å². The van der Waals surface area contributed by atoms with Crippen LogP contribution < -0.4 is 0 Å². The van der Waals surface area contributed by atoms with Crippen molar-refractivity contribution in [2.45, 2.75) is 330 Å². The molecular weight excluding hydrogens is 1090 g/mol. The first-order chi connectivity index (χ1) is 39.4. The molecule has 0 heterocycles. The van der Waals surface area contributed by atoms with E-state index in [1.165, 1.54) is 116 Å². The molecule has 0 spiro atoms. The summed E-state index contributed by atoms with van der Waals surface area (Å²) >= 11 is 0. The van der Waals surface area contributed by atoms with E-state index in [2.05, 4.69) is 41.5 Å². The average molecular weight is 1210 g/mol. The SMILES string of the molecule is CCCCCCCCCCCC(=O)O[C@H](COC(=O)CCCCCCCCCC)COP(=O)(O)OC[C@H](O)COP(=O)(O)OC[C@@H](COC(=O)CCCCCCCCC(C)C)OC(=O)CCCCCCCCCCCCCCCC(C)C. The van der Waals surface area contributed by atoms with Crippen molar-refractivity contribution >= 4 is 39.5 Å². The van der Waals surface area contributed by atoms with Gasteiger partial charge in [0.15, 0.2) is 12.2 Å². The number of unbranched alkanes of at least 4 members (excludes halogenated alkanes) is 32. The molecule has 0 aromatic rings. The van der Waals surface area contributed by atoms with Crippen molar-refractivity contribution in [3.8, 4) is 0 Å². The second-order valence-corrected chi connectivity index (χ2v) is 26.7. The van der Waals surface area contributed by atoms with Crippen LogP contribution in [-0.4, -0.2) is 96.7 Å². The first kappa shape index (κ1) is 80.1. The van der Waals surface area contributed by atoms with Gasteiger partial charge in [-0.1, -0.05) is 260 Å². The fraction of sp³-hybridized carbons (Fsp3) is 0.937. The second kappa shape index (κ2) is 55.6. The lowest BCUT2D eigenvalue weighted by molar-refractivity contribution is -0.161. The largest absolute Gasteiger partial charge is 0.472 e. The Morgan fingerprint density at radius 1 is 0.329 bits per heavy atom. The highest BCUT2D eigenvalue weighted by Gasteiger charge is 2.30. The van der Waals surface area contributed by atoms with Gasteiger partial charge in [-0.25, -0.2) is 9.13 Å². The van der Waals surface area contributed by atoms with Crippen molar-refractivity contribution in [2.24, 2.45) is 11.8 Å². The van der Waals surface area contributed by atoms with Crippen LogP contribution in [0.25, 0.3) is 0 Å². The highest BCUT2D eigenvalue weighted by molar-refractivity contribution is 7.47. The standard InChI is InChI=1S/C63H122O17P2/c1-7-9-11-13-15-22-27-35-41-47-62(67)79-58(51-73-60(65)45-39-33-26-16-14-12-10-8-2)53-77-81(69,70)75-49-57(64)50-76-82(71,72)78-54-59(52-74-61(66)46-40-34-30-29-32-38-44-56(5)6)80-63(68)48-42-36-28-24-21-19-17-18-20-23-25-31-37-43-55(3)4/h55-59,64H,7-54H2,1-6H3,(H,69,70)(H,71,72)/t57-,58+,59+/m0/s1. The molecule has 0 radical (unpaired) electrons. The van der Waals surface area contributed by atoms with Crippen molar-refractivity contribution in [3.05, 3.63) is 0 Å². The van der Waals surface area contributed by atoms with Crippen LogP contribution >= 0.6 is 15.6 Å². The topological polar surface area (TPSA) is 237 Å². The fourth-order valence-electron chi connectivity index (χ4n) is 9.35. The molecule has 3 N–H and O–H groups in total. The number of phosphoric ester groups is 2. The minimum atomic E-state index is -4.94. The number of ether oxygens (including phenoxy) is 4. The van der Waals surface area contributed by atoms with Gasteiger partial charge < -0.3 is 33.8 Å². The number of phosphoric acid groups is 2. The number of aliphatic hydroxyl groups excluding tert-OH is 1. The van der Waals surface area contributed by atoms with Crippen molar-refractivity contribution < 1.29 is 80.2 Å². The number of esters is 4. The van der Waals surface area contributed by atoms with Gasteiger partial charge in [-0.05, 0) is 37.5 Å². The monoisotopic (exact) mass is 1210 g/mol. The van der Waals surface area contributed by atoms with Crippen LogP contribution in [0, 0.1) is 11.8 Å². The van der Waals surface area contributed by atoms with Gasteiger partial charge in [0.2, 0.25) is 0 Å². The number of carbonyl (C=O) groups is 4. The van der Waals surface area contributed by atoms with Crippen LogP contribution in [-0.2, 0) is 65.4 Å². The molecule has 0 aliphatic heterocycles.